The second kappa shape index (κ2) is 11.2. The smallest absolute Gasteiger partial charge is 0.312 e. The molecular formula is C17H24ClN3O5. The maximum absolute atomic E-state index is 12.1. The van der Waals surface area contributed by atoms with Crippen LogP contribution in [-0.2, 0) is 14.3 Å². The van der Waals surface area contributed by atoms with E-state index in [4.69, 9.17) is 26.8 Å². The first-order valence-electron chi connectivity index (χ1n) is 8.20. The number of unbranched alkanes of at least 4 members (excludes halogenated alkanes) is 2. The Morgan fingerprint density at radius 3 is 2.58 bits per heavy atom. The molecule has 0 aliphatic rings. The molecule has 1 rings (SSSR count). The largest absolute Gasteiger partial charge is 0.495 e. The molecule has 1 atom stereocenters. The molecule has 144 valence electrons. The zero-order chi connectivity index (χ0) is 19.5. The van der Waals surface area contributed by atoms with Crippen LogP contribution in [0.2, 0.25) is 5.02 Å². The normalized spacial score (nSPS) is 11.3. The van der Waals surface area contributed by atoms with Gasteiger partial charge in [-0.3, -0.25) is 9.59 Å². The molecule has 0 fully saturated rings. The molecule has 1 aromatic rings. The predicted molar refractivity (Wildman–Crippen MR) is 98.2 cm³/mol. The summed E-state index contributed by atoms with van der Waals surface area (Å²) in [5.41, 5.74) is 5.42. The van der Waals surface area contributed by atoms with E-state index < -0.39 is 24.0 Å². The van der Waals surface area contributed by atoms with Crippen LogP contribution in [0.5, 0.6) is 5.75 Å². The molecule has 4 N–H and O–H groups in total. The molecule has 0 aliphatic carbocycles. The summed E-state index contributed by atoms with van der Waals surface area (Å²) in [6, 6.07) is 4.24. The number of carbonyl (C=O) groups is 3. The van der Waals surface area contributed by atoms with Crippen LogP contribution < -0.4 is 21.1 Å². The van der Waals surface area contributed by atoms with E-state index in [1.165, 1.54) is 14.0 Å². The summed E-state index contributed by atoms with van der Waals surface area (Å²) in [7, 11) is 1.50. The molecule has 8 nitrogen and oxygen atoms in total. The number of hydrogen-bond donors (Lipinski definition) is 3. The second-order valence-corrected chi connectivity index (χ2v) is 5.98. The van der Waals surface area contributed by atoms with E-state index >= 15 is 0 Å². The van der Waals surface area contributed by atoms with Crippen LogP contribution in [0.3, 0.4) is 0 Å². The number of nitrogens with two attached hydrogens (primary N) is 1. The molecule has 0 aromatic heterocycles. The summed E-state index contributed by atoms with van der Waals surface area (Å²) in [5, 5.41) is 5.45. The van der Waals surface area contributed by atoms with Gasteiger partial charge in [-0.1, -0.05) is 18.0 Å². The number of primary amides is 1. The van der Waals surface area contributed by atoms with Crippen molar-refractivity contribution in [1.82, 2.24) is 5.32 Å². The molecule has 0 spiro atoms. The molecule has 0 bridgehead atoms. The Kier molecular flexibility index (Phi) is 9.29. The highest BCUT2D eigenvalue weighted by Gasteiger charge is 2.18. The van der Waals surface area contributed by atoms with Gasteiger partial charge in [-0.15, -0.1) is 0 Å². The van der Waals surface area contributed by atoms with Gasteiger partial charge in [0.25, 0.3) is 5.91 Å². The number of urea groups is 1. The minimum atomic E-state index is -0.931. The van der Waals surface area contributed by atoms with Crippen molar-refractivity contribution in [3.05, 3.63) is 23.2 Å². The van der Waals surface area contributed by atoms with E-state index in [0.29, 0.717) is 35.8 Å². The zero-order valence-corrected chi connectivity index (χ0v) is 15.6. The van der Waals surface area contributed by atoms with Gasteiger partial charge >= 0.3 is 12.0 Å². The molecule has 0 unspecified atom stereocenters. The molecule has 0 radical (unpaired) electrons. The summed E-state index contributed by atoms with van der Waals surface area (Å²) in [5.74, 6) is -0.413. The number of amides is 3. The molecule has 0 heterocycles. The predicted octanol–water partition coefficient (Wildman–Crippen LogP) is 2.45. The highest BCUT2D eigenvalue weighted by Crippen LogP contribution is 2.27. The van der Waals surface area contributed by atoms with Crippen molar-refractivity contribution in [3.8, 4) is 5.75 Å². The maximum atomic E-state index is 12.1. The standard InChI is InChI=1S/C17H24ClN3O5/c1-11(26-15(22)6-4-3-5-9-20-17(19)24)16(23)21-12-7-8-14(25-2)13(18)10-12/h7-8,10-11H,3-6,9H2,1-2H3,(H,21,23)(H3,19,20,24)/t11-/m0/s1. The highest BCUT2D eigenvalue weighted by molar-refractivity contribution is 6.32. The molecule has 26 heavy (non-hydrogen) atoms. The molecular weight excluding hydrogens is 362 g/mol. The van der Waals surface area contributed by atoms with E-state index in [2.05, 4.69) is 10.6 Å². The van der Waals surface area contributed by atoms with Crippen LogP contribution in [0.15, 0.2) is 18.2 Å². The topological polar surface area (TPSA) is 120 Å². The number of ether oxygens (including phenoxy) is 2. The van der Waals surface area contributed by atoms with Gasteiger partial charge < -0.3 is 25.8 Å². The first-order chi connectivity index (χ1) is 12.3. The number of anilines is 1. The first kappa shape index (κ1) is 21.6. The minimum absolute atomic E-state index is 0.197. The number of hydrogen-bond acceptors (Lipinski definition) is 5. The van der Waals surface area contributed by atoms with Gasteiger partial charge in [-0.25, -0.2) is 4.79 Å². The molecule has 0 aliphatic heterocycles. The third-order valence-corrected chi connectivity index (χ3v) is 3.75. The number of rotatable bonds is 10. The van der Waals surface area contributed by atoms with E-state index in [1.807, 2.05) is 0 Å². The Balaban J connectivity index is 2.31. The van der Waals surface area contributed by atoms with Crippen molar-refractivity contribution in [2.24, 2.45) is 5.73 Å². The molecule has 0 saturated carbocycles. The third kappa shape index (κ3) is 8.06. The summed E-state index contributed by atoms with van der Waals surface area (Å²) in [6.45, 7) is 1.96. The van der Waals surface area contributed by atoms with E-state index in [9.17, 15) is 14.4 Å². The van der Waals surface area contributed by atoms with Crippen molar-refractivity contribution in [1.29, 1.82) is 0 Å². The minimum Gasteiger partial charge on any atom is -0.495 e. The van der Waals surface area contributed by atoms with Crippen LogP contribution in [0.25, 0.3) is 0 Å². The number of benzene rings is 1. The first-order valence-corrected chi connectivity index (χ1v) is 8.58. The average Bonchev–Trinajstić information content (AvgIpc) is 2.57. The molecule has 3 amide bonds. The van der Waals surface area contributed by atoms with Gasteiger partial charge in [0.05, 0.1) is 12.1 Å². The Labute approximate surface area is 157 Å². The number of carbonyl (C=O) groups excluding carboxylic acids is 3. The molecule has 1 aromatic carbocycles. The van der Waals surface area contributed by atoms with Crippen molar-refractivity contribution >= 4 is 35.2 Å². The van der Waals surface area contributed by atoms with Crippen molar-refractivity contribution < 1.29 is 23.9 Å². The second-order valence-electron chi connectivity index (χ2n) is 5.57. The fourth-order valence-electron chi connectivity index (χ4n) is 2.08. The zero-order valence-electron chi connectivity index (χ0n) is 14.8. The van der Waals surface area contributed by atoms with Crippen LogP contribution in [-0.4, -0.2) is 37.7 Å². The Morgan fingerprint density at radius 1 is 1.23 bits per heavy atom. The fourth-order valence-corrected chi connectivity index (χ4v) is 2.34. The van der Waals surface area contributed by atoms with Crippen molar-refractivity contribution in [3.63, 3.8) is 0 Å². The molecule has 9 heteroatoms. The van der Waals surface area contributed by atoms with E-state index in [1.54, 1.807) is 18.2 Å². The van der Waals surface area contributed by atoms with Gasteiger partial charge in [0.2, 0.25) is 0 Å². The summed E-state index contributed by atoms with van der Waals surface area (Å²) in [6.07, 6.45) is 1.31. The monoisotopic (exact) mass is 385 g/mol. The van der Waals surface area contributed by atoms with E-state index in [0.717, 1.165) is 6.42 Å². The quantitative estimate of drug-likeness (QED) is 0.422. The summed E-state index contributed by atoms with van der Waals surface area (Å²) < 4.78 is 10.1. The number of nitrogens with one attached hydrogen (secondary N) is 2. The van der Waals surface area contributed by atoms with Crippen LogP contribution in [0.1, 0.15) is 32.6 Å². The SMILES string of the molecule is COc1ccc(NC(=O)[C@H](C)OC(=O)CCCCCNC(N)=O)cc1Cl. The average molecular weight is 386 g/mol. The van der Waals surface area contributed by atoms with Gasteiger partial charge in [-0.05, 0) is 38.0 Å². The Bertz CT molecular complexity index is 639. The van der Waals surface area contributed by atoms with Crippen molar-refractivity contribution in [2.75, 3.05) is 19.0 Å². The fraction of sp³-hybridized carbons (Fsp3) is 0.471. The lowest BCUT2D eigenvalue weighted by atomic mass is 10.2. The highest BCUT2D eigenvalue weighted by atomic mass is 35.5. The lowest BCUT2D eigenvalue weighted by Crippen LogP contribution is -2.30. The molecule has 0 saturated heterocycles. The number of halogens is 1. The Morgan fingerprint density at radius 2 is 1.96 bits per heavy atom. The lowest BCUT2D eigenvalue weighted by Gasteiger charge is -2.14. The third-order valence-electron chi connectivity index (χ3n) is 3.45. The van der Waals surface area contributed by atoms with Gasteiger partial charge in [0, 0.05) is 18.7 Å². The van der Waals surface area contributed by atoms with Gasteiger partial charge in [-0.2, -0.15) is 0 Å². The number of esters is 1. The maximum Gasteiger partial charge on any atom is 0.312 e. The summed E-state index contributed by atoms with van der Waals surface area (Å²) >= 11 is 6.00. The Hall–Kier alpha value is -2.48. The van der Waals surface area contributed by atoms with Crippen LogP contribution in [0, 0.1) is 0 Å². The van der Waals surface area contributed by atoms with Crippen molar-refractivity contribution in [2.45, 2.75) is 38.7 Å². The van der Waals surface area contributed by atoms with Crippen LogP contribution in [0.4, 0.5) is 10.5 Å². The lowest BCUT2D eigenvalue weighted by molar-refractivity contribution is -0.153. The number of methoxy groups -OCH3 is 1. The van der Waals surface area contributed by atoms with Gasteiger partial charge in [0.15, 0.2) is 6.10 Å². The van der Waals surface area contributed by atoms with E-state index in [-0.39, 0.29) is 6.42 Å². The van der Waals surface area contributed by atoms with Gasteiger partial charge in [0.1, 0.15) is 5.75 Å². The summed E-state index contributed by atoms with van der Waals surface area (Å²) in [4.78, 5) is 34.3. The van der Waals surface area contributed by atoms with Crippen LogP contribution >= 0.6 is 11.6 Å².